The Morgan fingerprint density at radius 2 is 1.84 bits per heavy atom. The predicted octanol–water partition coefficient (Wildman–Crippen LogP) is 6.24. The number of carbonyl (C=O) groups excluding carboxylic acids is 1. The van der Waals surface area contributed by atoms with Gasteiger partial charge in [-0.15, -0.1) is 0 Å². The first-order chi connectivity index (χ1) is 20.5. The van der Waals surface area contributed by atoms with Gasteiger partial charge < -0.3 is 15.0 Å². The number of fused-ring (bicyclic) bond motifs is 3. The smallest absolute Gasteiger partial charge is 0.401 e. The molecule has 5 rings (SSSR count). The van der Waals surface area contributed by atoms with Crippen molar-refractivity contribution in [2.75, 3.05) is 30.3 Å². The number of sulfonamides is 1. The van der Waals surface area contributed by atoms with Crippen LogP contribution in [0.4, 0.5) is 18.9 Å². The molecule has 0 aromatic heterocycles. The fraction of sp³-hybridized carbons (Fsp3) is 0.581. The van der Waals surface area contributed by atoms with Gasteiger partial charge >= 0.3 is 6.18 Å². The second kappa shape index (κ2) is 13.6. The van der Waals surface area contributed by atoms with E-state index in [1.54, 1.807) is 18.2 Å². The number of rotatable bonds is 2. The van der Waals surface area contributed by atoms with E-state index in [0.29, 0.717) is 61.8 Å². The molecule has 0 spiro atoms. The molecule has 2 N–H and O–H groups in total. The number of benzene rings is 2. The van der Waals surface area contributed by atoms with Crippen molar-refractivity contribution in [3.63, 3.8) is 0 Å². The molecule has 1 amide bonds. The lowest BCUT2D eigenvalue weighted by Crippen LogP contribution is -2.50. The Morgan fingerprint density at radius 1 is 1.00 bits per heavy atom. The zero-order valence-electron chi connectivity index (χ0n) is 24.1. The first kappa shape index (κ1) is 31.9. The summed E-state index contributed by atoms with van der Waals surface area (Å²) in [6, 6.07) is 10.4. The van der Waals surface area contributed by atoms with Crippen molar-refractivity contribution in [3.8, 4) is 5.75 Å². The van der Waals surface area contributed by atoms with Crippen LogP contribution in [-0.4, -0.2) is 51.9 Å². The molecule has 0 radical (unpaired) electrons. The second-order valence-electron chi connectivity index (χ2n) is 12.0. The van der Waals surface area contributed by atoms with Crippen molar-refractivity contribution in [2.24, 2.45) is 11.8 Å². The number of halogens is 4. The summed E-state index contributed by atoms with van der Waals surface area (Å²) >= 11 is 6.28. The van der Waals surface area contributed by atoms with E-state index >= 15 is 0 Å². The SMILES string of the molecule is O=C1NS(=O)(=O)CCCCC[C@H](NCC(F)(F)F)[C@@H]2CC[C@H]2CN2CCCCc3cc(Cl)ccc3COc3ccc1cc32. The van der Waals surface area contributed by atoms with Crippen molar-refractivity contribution in [1.82, 2.24) is 10.0 Å². The number of amides is 1. The molecule has 12 heteroatoms. The van der Waals surface area contributed by atoms with Gasteiger partial charge in [0.2, 0.25) is 10.0 Å². The lowest BCUT2D eigenvalue weighted by Gasteiger charge is -2.45. The van der Waals surface area contributed by atoms with Crippen molar-refractivity contribution >= 4 is 33.2 Å². The highest BCUT2D eigenvalue weighted by Crippen LogP contribution is 2.42. The lowest BCUT2D eigenvalue weighted by atomic mass is 9.68. The molecule has 7 nitrogen and oxygen atoms in total. The van der Waals surface area contributed by atoms with Gasteiger partial charge in [0.1, 0.15) is 12.4 Å². The first-order valence-corrected chi connectivity index (χ1v) is 17.1. The highest BCUT2D eigenvalue weighted by atomic mass is 35.5. The topological polar surface area (TPSA) is 87.7 Å². The number of aryl methyl sites for hydroxylation is 1. The molecule has 236 valence electrons. The number of nitrogens with one attached hydrogen (secondary N) is 2. The Bertz CT molecular complexity index is 1410. The van der Waals surface area contributed by atoms with Crippen molar-refractivity contribution in [2.45, 2.75) is 76.6 Å². The Kier molecular flexibility index (Phi) is 10.1. The molecular formula is C31H39ClF3N3O4S. The van der Waals surface area contributed by atoms with Gasteiger partial charge in [-0.25, -0.2) is 13.1 Å². The second-order valence-corrected chi connectivity index (χ2v) is 14.3. The molecule has 3 atom stereocenters. The van der Waals surface area contributed by atoms with Crippen molar-refractivity contribution in [3.05, 3.63) is 58.1 Å². The molecular weight excluding hydrogens is 603 g/mol. The summed E-state index contributed by atoms with van der Waals surface area (Å²) in [5.41, 5.74) is 3.02. The molecule has 1 aliphatic carbocycles. The Morgan fingerprint density at radius 3 is 2.60 bits per heavy atom. The lowest BCUT2D eigenvalue weighted by molar-refractivity contribution is -0.128. The molecule has 1 fully saturated rings. The summed E-state index contributed by atoms with van der Waals surface area (Å²) < 4.78 is 73.5. The van der Waals surface area contributed by atoms with E-state index in [9.17, 15) is 26.4 Å². The van der Waals surface area contributed by atoms with Gasteiger partial charge in [0, 0.05) is 29.7 Å². The number of anilines is 1. The molecule has 43 heavy (non-hydrogen) atoms. The third kappa shape index (κ3) is 8.57. The number of hydrogen-bond donors (Lipinski definition) is 2. The number of nitrogens with zero attached hydrogens (tertiary/aromatic N) is 1. The van der Waals surface area contributed by atoms with Crippen LogP contribution >= 0.6 is 11.6 Å². The monoisotopic (exact) mass is 641 g/mol. The van der Waals surface area contributed by atoms with Crippen LogP contribution in [0, 0.1) is 11.8 Å². The molecule has 0 saturated heterocycles. The quantitative estimate of drug-likeness (QED) is 0.404. The van der Waals surface area contributed by atoms with Crippen LogP contribution in [0.15, 0.2) is 36.4 Å². The molecule has 0 unspecified atom stereocenters. The number of ether oxygens (including phenoxy) is 1. The minimum absolute atomic E-state index is 0.0689. The van der Waals surface area contributed by atoms with Crippen molar-refractivity contribution in [1.29, 1.82) is 0 Å². The highest BCUT2D eigenvalue weighted by molar-refractivity contribution is 7.90. The molecule has 2 aromatic rings. The molecule has 1 saturated carbocycles. The highest BCUT2D eigenvalue weighted by Gasteiger charge is 2.39. The zero-order valence-corrected chi connectivity index (χ0v) is 25.7. The maximum absolute atomic E-state index is 13.2. The van der Waals surface area contributed by atoms with Crippen LogP contribution in [0.2, 0.25) is 5.02 Å². The van der Waals surface area contributed by atoms with Crippen molar-refractivity contribution < 1.29 is 31.1 Å². The molecule has 2 aromatic carbocycles. The summed E-state index contributed by atoms with van der Waals surface area (Å²) in [5.74, 6) is -0.118. The number of carbonyl (C=O) groups is 1. The Hall–Kier alpha value is -2.50. The van der Waals surface area contributed by atoms with Gasteiger partial charge in [-0.05, 0) is 98.2 Å². The molecule has 2 bridgehead atoms. The number of hydrogen-bond acceptors (Lipinski definition) is 6. The van der Waals surface area contributed by atoms with Gasteiger partial charge in [0.15, 0.2) is 0 Å². The van der Waals surface area contributed by atoms with E-state index in [0.717, 1.165) is 43.2 Å². The van der Waals surface area contributed by atoms with Gasteiger partial charge in [-0.1, -0.05) is 30.5 Å². The van der Waals surface area contributed by atoms with Crippen LogP contribution in [-0.2, 0) is 23.1 Å². The van der Waals surface area contributed by atoms with Crippen LogP contribution < -0.4 is 19.7 Å². The fourth-order valence-electron chi connectivity index (χ4n) is 6.51. The Labute approximate surface area is 256 Å². The van der Waals surface area contributed by atoms with E-state index < -0.39 is 28.7 Å². The summed E-state index contributed by atoms with van der Waals surface area (Å²) in [5, 5.41) is 3.45. The van der Waals surface area contributed by atoms with Crippen LogP contribution in [0.1, 0.15) is 72.9 Å². The van der Waals surface area contributed by atoms with Gasteiger partial charge in [0.05, 0.1) is 18.0 Å². The first-order valence-electron chi connectivity index (χ1n) is 15.1. The van der Waals surface area contributed by atoms with E-state index in [4.69, 9.17) is 16.3 Å². The number of alkyl halides is 3. The average Bonchev–Trinajstić information content (AvgIpc) is 2.95. The van der Waals surface area contributed by atoms with Crippen LogP contribution in [0.5, 0.6) is 5.75 Å². The van der Waals surface area contributed by atoms with E-state index in [1.807, 2.05) is 18.2 Å². The summed E-state index contributed by atoms with van der Waals surface area (Å²) in [6.45, 7) is 0.505. The maximum Gasteiger partial charge on any atom is 0.401 e. The maximum atomic E-state index is 13.2. The summed E-state index contributed by atoms with van der Waals surface area (Å²) in [4.78, 5) is 15.3. The molecule has 2 heterocycles. The Balaban J connectivity index is 1.49. The van der Waals surface area contributed by atoms with Gasteiger partial charge in [-0.3, -0.25) is 4.79 Å². The normalized spacial score (nSPS) is 25.2. The molecule has 3 aliphatic rings. The predicted molar refractivity (Wildman–Crippen MR) is 161 cm³/mol. The third-order valence-electron chi connectivity index (χ3n) is 8.93. The van der Waals surface area contributed by atoms with Gasteiger partial charge in [-0.2, -0.15) is 13.2 Å². The molecule has 2 aliphatic heterocycles. The summed E-state index contributed by atoms with van der Waals surface area (Å²) in [7, 11) is -3.88. The van der Waals surface area contributed by atoms with E-state index in [2.05, 4.69) is 14.9 Å². The third-order valence-corrected chi connectivity index (χ3v) is 10.5. The largest absolute Gasteiger partial charge is 0.487 e. The summed E-state index contributed by atoms with van der Waals surface area (Å²) in [6.07, 6.45) is 1.99. The fourth-order valence-corrected chi connectivity index (χ4v) is 7.79. The minimum Gasteiger partial charge on any atom is -0.487 e. The van der Waals surface area contributed by atoms with E-state index in [-0.39, 0.29) is 29.2 Å². The van der Waals surface area contributed by atoms with Crippen LogP contribution in [0.25, 0.3) is 0 Å². The minimum atomic E-state index is -4.31. The van der Waals surface area contributed by atoms with Gasteiger partial charge in [0.25, 0.3) is 5.91 Å². The van der Waals surface area contributed by atoms with Crippen LogP contribution in [0.3, 0.4) is 0 Å². The standard InChI is InChI=1S/C31H39ClF3N3O4S/c32-25-11-8-24-19-42-29-13-10-22-17-28(29)38(14-4-3-6-21(24)16-25)18-23-9-12-26(23)27(36-20-31(33,34)35)7-2-1-5-15-43(40,41)37-30(22)39/h8,10-11,13,16-17,23,26-27,36H,1-7,9,12,14-15,18-20H2,(H,37,39)/t23-,26+,27-/m0/s1. The van der Waals surface area contributed by atoms with E-state index in [1.165, 1.54) is 0 Å². The average molecular weight is 642 g/mol. The zero-order chi connectivity index (χ0) is 30.6.